The van der Waals surface area contributed by atoms with Gasteiger partial charge in [-0.1, -0.05) is 48.6 Å². The minimum absolute atomic E-state index is 0.0161. The van der Waals surface area contributed by atoms with E-state index in [1.54, 1.807) is 14.2 Å². The van der Waals surface area contributed by atoms with Crippen LogP contribution in [0.15, 0.2) is 59.7 Å². The van der Waals surface area contributed by atoms with Crippen LogP contribution in [0.1, 0.15) is 11.1 Å². The minimum atomic E-state index is -0.0161. The quantitative estimate of drug-likeness (QED) is 0.462. The van der Waals surface area contributed by atoms with Gasteiger partial charge >= 0.3 is 0 Å². The van der Waals surface area contributed by atoms with Crippen molar-refractivity contribution in [2.45, 2.75) is 0 Å². The Morgan fingerprint density at radius 1 is 0.929 bits per heavy atom. The van der Waals surface area contributed by atoms with Crippen molar-refractivity contribution < 1.29 is 14.3 Å². The van der Waals surface area contributed by atoms with Gasteiger partial charge in [0.2, 0.25) is 0 Å². The third-order valence-corrected chi connectivity index (χ3v) is 5.05. The summed E-state index contributed by atoms with van der Waals surface area (Å²) < 4.78 is 11.3. The first kappa shape index (κ1) is 20.2. The normalized spacial score (nSPS) is 17.1. The van der Waals surface area contributed by atoms with Crippen LogP contribution in [-0.2, 0) is 4.79 Å². The van der Waals surface area contributed by atoms with Crippen LogP contribution < -0.4 is 9.47 Å². The average Bonchev–Trinajstić information content (AvgIpc) is 2.71. The van der Waals surface area contributed by atoms with Gasteiger partial charge in [-0.3, -0.25) is 4.79 Å². The second-order valence-corrected chi connectivity index (χ2v) is 7.40. The highest BCUT2D eigenvalue weighted by atomic mass is 32.1. The molecule has 0 spiro atoms. The van der Waals surface area contributed by atoms with Gasteiger partial charge in [0.25, 0.3) is 0 Å². The van der Waals surface area contributed by atoms with Gasteiger partial charge in [-0.25, -0.2) is 0 Å². The fourth-order valence-electron chi connectivity index (χ4n) is 3.12. The van der Waals surface area contributed by atoms with Crippen molar-refractivity contribution >= 4 is 47.1 Å². The molecule has 1 saturated heterocycles. The van der Waals surface area contributed by atoms with Crippen molar-refractivity contribution in [3.63, 3.8) is 0 Å². The number of benzene rings is 2. The predicted octanol–water partition coefficient (Wildman–Crippen LogP) is 4.27. The van der Waals surface area contributed by atoms with Crippen LogP contribution in [0.3, 0.4) is 0 Å². The Bertz CT molecular complexity index is 896. The van der Waals surface area contributed by atoms with E-state index in [4.69, 9.17) is 21.7 Å². The number of ketones is 1. The molecule has 28 heavy (non-hydrogen) atoms. The summed E-state index contributed by atoms with van der Waals surface area (Å²) in [7, 11) is 3.23. The predicted molar refractivity (Wildman–Crippen MR) is 120 cm³/mol. The second kappa shape index (κ2) is 9.08. The molecule has 0 unspecified atom stereocenters. The van der Waals surface area contributed by atoms with Gasteiger partial charge in [-0.2, -0.15) is 0 Å². The Kier molecular flexibility index (Phi) is 6.54. The maximum Gasteiger partial charge on any atom is 0.188 e. The lowest BCUT2D eigenvalue weighted by molar-refractivity contribution is -0.113. The molecule has 2 aromatic rings. The summed E-state index contributed by atoms with van der Waals surface area (Å²) in [5.74, 6) is 1.41. The number of rotatable bonds is 4. The number of thiocarbonyl (C=S) groups is 1. The highest BCUT2D eigenvalue weighted by molar-refractivity contribution is 8.10. The summed E-state index contributed by atoms with van der Waals surface area (Å²) in [4.78, 5) is 15.1. The van der Waals surface area contributed by atoms with Crippen LogP contribution in [0, 0.1) is 0 Å². The minimum Gasteiger partial charge on any atom is -0.496 e. The molecule has 1 fully saturated rings. The number of likely N-dealkylation sites (tertiary alicyclic amines) is 1. The van der Waals surface area contributed by atoms with Crippen molar-refractivity contribution in [1.29, 1.82) is 0 Å². The number of nitrogens with zero attached hydrogens (tertiary/aromatic N) is 1. The number of carbonyl (C=O) groups is 1. The van der Waals surface area contributed by atoms with Crippen molar-refractivity contribution in [2.75, 3.05) is 27.3 Å². The van der Waals surface area contributed by atoms with Crippen molar-refractivity contribution in [3.05, 3.63) is 70.8 Å². The fourth-order valence-corrected chi connectivity index (χ4v) is 3.39. The number of para-hydroxylation sites is 2. The van der Waals surface area contributed by atoms with Crippen LogP contribution >= 0.6 is 24.8 Å². The van der Waals surface area contributed by atoms with Crippen LogP contribution in [0.2, 0.25) is 0 Å². The van der Waals surface area contributed by atoms with Gasteiger partial charge in [0.15, 0.2) is 5.78 Å². The van der Waals surface area contributed by atoms with E-state index in [0.29, 0.717) is 40.1 Å². The lowest BCUT2D eigenvalue weighted by Crippen LogP contribution is -2.39. The largest absolute Gasteiger partial charge is 0.496 e. The number of thiol groups is 1. The van der Waals surface area contributed by atoms with E-state index >= 15 is 0 Å². The average molecular weight is 412 g/mol. The molecule has 6 heteroatoms. The van der Waals surface area contributed by atoms with E-state index in [0.717, 1.165) is 11.1 Å². The highest BCUT2D eigenvalue weighted by Crippen LogP contribution is 2.28. The summed E-state index contributed by atoms with van der Waals surface area (Å²) in [6.45, 7) is 0.810. The number of hydrogen-bond donors (Lipinski definition) is 1. The molecule has 1 heterocycles. The van der Waals surface area contributed by atoms with Gasteiger partial charge in [-0.15, -0.1) is 12.6 Å². The van der Waals surface area contributed by atoms with Crippen molar-refractivity contribution in [1.82, 2.24) is 4.90 Å². The first-order valence-corrected chi connectivity index (χ1v) is 9.58. The van der Waals surface area contributed by atoms with E-state index in [9.17, 15) is 4.79 Å². The number of ether oxygens (including phenoxy) is 2. The molecule has 2 aromatic carbocycles. The summed E-state index contributed by atoms with van der Waals surface area (Å²) >= 11 is 9.59. The second-order valence-electron chi connectivity index (χ2n) is 6.29. The number of hydrogen-bond acceptors (Lipinski definition) is 4. The lowest BCUT2D eigenvalue weighted by Gasteiger charge is -2.30. The molecule has 0 N–H and O–H groups in total. The maximum atomic E-state index is 13.2. The molecular formula is C22H21NO3S2. The first-order valence-electron chi connectivity index (χ1n) is 8.73. The molecule has 1 aliphatic heterocycles. The third-order valence-electron chi connectivity index (χ3n) is 4.51. The van der Waals surface area contributed by atoms with Gasteiger partial charge in [0.05, 0.1) is 14.2 Å². The fraction of sp³-hybridized carbons (Fsp3) is 0.182. The van der Waals surface area contributed by atoms with Gasteiger partial charge in [0, 0.05) is 35.4 Å². The molecule has 0 atom stereocenters. The Hall–Kier alpha value is -2.57. The van der Waals surface area contributed by atoms with E-state index < -0.39 is 0 Å². The molecule has 0 amide bonds. The zero-order valence-electron chi connectivity index (χ0n) is 15.7. The summed E-state index contributed by atoms with van der Waals surface area (Å²) in [6, 6.07) is 15.2. The van der Waals surface area contributed by atoms with Gasteiger partial charge < -0.3 is 14.4 Å². The third kappa shape index (κ3) is 4.46. The van der Waals surface area contributed by atoms with Crippen LogP contribution in [-0.4, -0.2) is 42.3 Å². The molecule has 144 valence electrons. The van der Waals surface area contributed by atoms with Crippen LogP contribution in [0.4, 0.5) is 0 Å². The van der Waals surface area contributed by atoms with Crippen LogP contribution in [0.25, 0.3) is 12.2 Å². The van der Waals surface area contributed by atoms with Crippen LogP contribution in [0.5, 0.6) is 11.5 Å². The molecule has 0 radical (unpaired) electrons. The molecule has 1 aliphatic rings. The molecule has 4 nitrogen and oxygen atoms in total. The van der Waals surface area contributed by atoms with Gasteiger partial charge in [0.1, 0.15) is 15.8 Å². The molecule has 0 bridgehead atoms. The lowest BCUT2D eigenvalue weighted by atomic mass is 9.94. The Morgan fingerprint density at radius 2 is 1.36 bits per heavy atom. The molecule has 0 aliphatic carbocycles. The zero-order valence-corrected chi connectivity index (χ0v) is 17.4. The topological polar surface area (TPSA) is 38.8 Å². The Balaban J connectivity index is 2.05. The maximum absolute atomic E-state index is 13.2. The summed E-state index contributed by atoms with van der Waals surface area (Å²) in [5, 5.41) is 0. The molecule has 0 saturated carbocycles. The first-order chi connectivity index (χ1) is 13.5. The van der Waals surface area contributed by atoms with E-state index in [1.165, 1.54) is 0 Å². The number of carbonyl (C=O) groups excluding carboxylic acids is 1. The Labute approximate surface area is 175 Å². The highest BCUT2D eigenvalue weighted by Gasteiger charge is 2.27. The smallest absolute Gasteiger partial charge is 0.188 e. The van der Waals surface area contributed by atoms with Gasteiger partial charge in [-0.05, 0) is 24.3 Å². The van der Waals surface area contributed by atoms with E-state index in [1.807, 2.05) is 65.6 Å². The molecular weight excluding hydrogens is 390 g/mol. The van der Waals surface area contributed by atoms with E-state index in [2.05, 4.69) is 12.6 Å². The number of methoxy groups -OCH3 is 2. The number of Topliss-reactive ketones (excluding diaryl/α,β-unsaturated/α-hetero) is 1. The van der Waals surface area contributed by atoms with E-state index in [-0.39, 0.29) is 5.78 Å². The number of piperidine rings is 1. The summed E-state index contributed by atoms with van der Waals surface area (Å²) in [5.41, 5.74) is 2.95. The summed E-state index contributed by atoms with van der Waals surface area (Å²) in [6.07, 6.45) is 3.71. The standard InChI is InChI=1S/C22H21NO3S2/c1-25-19-9-5-3-7-15(19)11-17-13-23(22(27)28)14-18(21(17)24)12-16-8-4-6-10-20(16)26-2/h3-12H,13-14H2,1-2H3,(H,27,28)/b17-11+,18-12+. The molecule has 0 aromatic heterocycles. The van der Waals surface area contributed by atoms with Crippen molar-refractivity contribution in [2.24, 2.45) is 0 Å². The molecule has 3 rings (SSSR count). The monoisotopic (exact) mass is 411 g/mol. The Morgan fingerprint density at radius 3 is 1.75 bits per heavy atom. The van der Waals surface area contributed by atoms with Crippen molar-refractivity contribution in [3.8, 4) is 11.5 Å². The SMILES string of the molecule is COc1ccccc1/C=C1\CN(C(=S)S)C/C(=C\c2ccccc2OC)C1=O. The zero-order chi connectivity index (χ0) is 20.1.